The van der Waals surface area contributed by atoms with Crippen LogP contribution in [0.2, 0.25) is 0 Å². The predicted molar refractivity (Wildman–Crippen MR) is 73.1 cm³/mol. The monoisotopic (exact) mass is 291 g/mol. The second-order valence-corrected chi connectivity index (χ2v) is 5.39. The second-order valence-electron chi connectivity index (χ2n) is 4.22. The molecule has 2 aromatic rings. The molecule has 104 valence electrons. The standard InChI is InChI=1S/C13H13N3O3S/c1-18-10-5-3-2-4-9(10)16-8-14-15-13(16)20-11-6-7-19-12(11)17/h2-5,8,11H,6-7H2,1H3/t11-/m1/s1. The summed E-state index contributed by atoms with van der Waals surface area (Å²) in [7, 11) is 1.62. The van der Waals surface area contributed by atoms with Gasteiger partial charge in [0.15, 0.2) is 5.16 Å². The van der Waals surface area contributed by atoms with E-state index < -0.39 is 0 Å². The van der Waals surface area contributed by atoms with Crippen molar-refractivity contribution in [1.29, 1.82) is 0 Å². The van der Waals surface area contributed by atoms with Crippen molar-refractivity contribution in [3.8, 4) is 11.4 Å². The highest BCUT2D eigenvalue weighted by Crippen LogP contribution is 2.31. The molecule has 0 amide bonds. The Hall–Kier alpha value is -2.02. The largest absolute Gasteiger partial charge is 0.495 e. The maximum atomic E-state index is 11.5. The highest BCUT2D eigenvalue weighted by Gasteiger charge is 2.29. The number of rotatable bonds is 4. The first-order chi connectivity index (χ1) is 9.79. The van der Waals surface area contributed by atoms with Crippen LogP contribution in [-0.2, 0) is 9.53 Å². The number of carbonyl (C=O) groups is 1. The number of cyclic esters (lactones) is 1. The van der Waals surface area contributed by atoms with E-state index in [1.54, 1.807) is 13.4 Å². The molecule has 0 spiro atoms. The Bertz CT molecular complexity index is 629. The van der Waals surface area contributed by atoms with E-state index in [1.165, 1.54) is 11.8 Å². The van der Waals surface area contributed by atoms with Gasteiger partial charge >= 0.3 is 5.97 Å². The maximum Gasteiger partial charge on any atom is 0.319 e. The van der Waals surface area contributed by atoms with Crippen LogP contribution in [0.4, 0.5) is 0 Å². The zero-order chi connectivity index (χ0) is 13.9. The van der Waals surface area contributed by atoms with Gasteiger partial charge in [-0.3, -0.25) is 9.36 Å². The topological polar surface area (TPSA) is 66.2 Å². The zero-order valence-corrected chi connectivity index (χ0v) is 11.7. The zero-order valence-electron chi connectivity index (χ0n) is 10.9. The van der Waals surface area contributed by atoms with Gasteiger partial charge in [-0.15, -0.1) is 10.2 Å². The Balaban J connectivity index is 1.91. The number of nitrogens with zero attached hydrogens (tertiary/aromatic N) is 3. The summed E-state index contributed by atoms with van der Waals surface area (Å²) in [6.07, 6.45) is 2.31. The molecule has 0 unspecified atom stereocenters. The highest BCUT2D eigenvalue weighted by atomic mass is 32.2. The number of hydrogen-bond donors (Lipinski definition) is 0. The molecule has 1 saturated heterocycles. The molecule has 1 aromatic carbocycles. The van der Waals surface area contributed by atoms with Crippen molar-refractivity contribution in [2.24, 2.45) is 0 Å². The van der Waals surface area contributed by atoms with E-state index in [-0.39, 0.29) is 11.2 Å². The first-order valence-electron chi connectivity index (χ1n) is 6.16. The fraction of sp³-hybridized carbons (Fsp3) is 0.308. The molecular formula is C13H13N3O3S. The van der Waals surface area contributed by atoms with Crippen LogP contribution < -0.4 is 4.74 Å². The van der Waals surface area contributed by atoms with E-state index in [2.05, 4.69) is 10.2 Å². The van der Waals surface area contributed by atoms with Crippen molar-refractivity contribution < 1.29 is 14.3 Å². The Kier molecular flexibility index (Phi) is 3.60. The summed E-state index contributed by atoms with van der Waals surface area (Å²) < 4.78 is 12.1. The third kappa shape index (κ3) is 2.36. The average Bonchev–Trinajstić information content (AvgIpc) is 3.09. The van der Waals surface area contributed by atoms with Gasteiger partial charge in [0.2, 0.25) is 0 Å². The molecule has 6 nitrogen and oxygen atoms in total. The fourth-order valence-corrected chi connectivity index (χ4v) is 3.00. The molecular weight excluding hydrogens is 278 g/mol. The third-order valence-electron chi connectivity index (χ3n) is 3.00. The summed E-state index contributed by atoms with van der Waals surface area (Å²) in [4.78, 5) is 11.5. The van der Waals surface area contributed by atoms with Crippen LogP contribution in [0.3, 0.4) is 0 Å². The summed E-state index contributed by atoms with van der Waals surface area (Å²) >= 11 is 1.37. The molecule has 7 heteroatoms. The Morgan fingerprint density at radius 2 is 2.30 bits per heavy atom. The van der Waals surface area contributed by atoms with E-state index >= 15 is 0 Å². The molecule has 0 saturated carbocycles. The lowest BCUT2D eigenvalue weighted by atomic mass is 10.3. The molecule has 1 fully saturated rings. The smallest absolute Gasteiger partial charge is 0.319 e. The molecule has 20 heavy (non-hydrogen) atoms. The molecule has 3 rings (SSSR count). The normalized spacial score (nSPS) is 18.1. The summed E-state index contributed by atoms with van der Waals surface area (Å²) in [5.41, 5.74) is 0.842. The van der Waals surface area contributed by atoms with Gasteiger partial charge < -0.3 is 9.47 Å². The third-order valence-corrected chi connectivity index (χ3v) is 4.20. The van der Waals surface area contributed by atoms with E-state index in [0.717, 1.165) is 11.4 Å². The van der Waals surface area contributed by atoms with Crippen LogP contribution in [0.1, 0.15) is 6.42 Å². The van der Waals surface area contributed by atoms with E-state index in [0.29, 0.717) is 18.2 Å². The Morgan fingerprint density at radius 1 is 1.45 bits per heavy atom. The van der Waals surface area contributed by atoms with Gasteiger partial charge in [0.1, 0.15) is 17.3 Å². The van der Waals surface area contributed by atoms with Crippen molar-refractivity contribution in [1.82, 2.24) is 14.8 Å². The number of carbonyl (C=O) groups excluding carboxylic acids is 1. The molecule has 0 bridgehead atoms. The number of aromatic nitrogens is 3. The number of ether oxygens (including phenoxy) is 2. The number of methoxy groups -OCH3 is 1. The molecule has 2 heterocycles. The van der Waals surface area contributed by atoms with Crippen molar-refractivity contribution in [3.05, 3.63) is 30.6 Å². The number of benzene rings is 1. The van der Waals surface area contributed by atoms with Gasteiger partial charge in [0.25, 0.3) is 0 Å². The first-order valence-corrected chi connectivity index (χ1v) is 7.04. The van der Waals surface area contributed by atoms with E-state index in [4.69, 9.17) is 9.47 Å². The van der Waals surface area contributed by atoms with Crippen LogP contribution >= 0.6 is 11.8 Å². The SMILES string of the molecule is COc1ccccc1-n1cnnc1S[C@@H]1CCOC1=O. The van der Waals surface area contributed by atoms with Crippen molar-refractivity contribution in [2.75, 3.05) is 13.7 Å². The number of hydrogen-bond acceptors (Lipinski definition) is 6. The predicted octanol–water partition coefficient (Wildman–Crippen LogP) is 1.68. The lowest BCUT2D eigenvalue weighted by molar-refractivity contribution is -0.137. The van der Waals surface area contributed by atoms with Crippen molar-refractivity contribution in [3.63, 3.8) is 0 Å². The number of esters is 1. The lowest BCUT2D eigenvalue weighted by Crippen LogP contribution is -2.11. The van der Waals surface area contributed by atoms with Crippen molar-refractivity contribution in [2.45, 2.75) is 16.8 Å². The van der Waals surface area contributed by atoms with Gasteiger partial charge in [0.05, 0.1) is 19.4 Å². The van der Waals surface area contributed by atoms with Crippen LogP contribution in [0, 0.1) is 0 Å². The molecule has 1 atom stereocenters. The van der Waals surface area contributed by atoms with Gasteiger partial charge in [-0.2, -0.15) is 0 Å². The average molecular weight is 291 g/mol. The highest BCUT2D eigenvalue weighted by molar-refractivity contribution is 8.00. The lowest BCUT2D eigenvalue weighted by Gasteiger charge is -2.11. The minimum Gasteiger partial charge on any atom is -0.495 e. The molecule has 0 aliphatic carbocycles. The maximum absolute atomic E-state index is 11.5. The van der Waals surface area contributed by atoms with Crippen molar-refractivity contribution >= 4 is 17.7 Å². The van der Waals surface area contributed by atoms with Crippen LogP contribution in [0.5, 0.6) is 5.75 Å². The summed E-state index contributed by atoms with van der Waals surface area (Å²) in [5.74, 6) is 0.535. The Labute approximate surface area is 120 Å². The van der Waals surface area contributed by atoms with E-state index in [9.17, 15) is 4.79 Å². The molecule has 1 aliphatic heterocycles. The minimum absolute atomic E-state index is 0.190. The molecule has 1 aromatic heterocycles. The van der Waals surface area contributed by atoms with Crippen LogP contribution in [0.25, 0.3) is 5.69 Å². The number of para-hydroxylation sites is 2. The summed E-state index contributed by atoms with van der Waals surface area (Å²) in [5, 5.41) is 8.44. The van der Waals surface area contributed by atoms with Crippen LogP contribution in [0.15, 0.2) is 35.7 Å². The van der Waals surface area contributed by atoms with Gasteiger partial charge in [-0.1, -0.05) is 23.9 Å². The number of thioether (sulfide) groups is 1. The molecule has 1 aliphatic rings. The quantitative estimate of drug-likeness (QED) is 0.799. The van der Waals surface area contributed by atoms with Gasteiger partial charge in [-0.05, 0) is 12.1 Å². The summed E-state index contributed by atoms with van der Waals surface area (Å²) in [6, 6.07) is 7.59. The molecule has 0 radical (unpaired) electrons. The van der Waals surface area contributed by atoms with Crippen LogP contribution in [-0.4, -0.2) is 39.7 Å². The second kappa shape index (κ2) is 5.54. The van der Waals surface area contributed by atoms with Gasteiger partial charge in [-0.25, -0.2) is 0 Å². The Morgan fingerprint density at radius 3 is 3.05 bits per heavy atom. The molecule has 0 N–H and O–H groups in total. The summed E-state index contributed by atoms with van der Waals surface area (Å²) in [6.45, 7) is 0.472. The fourth-order valence-electron chi connectivity index (χ4n) is 2.01. The van der Waals surface area contributed by atoms with Gasteiger partial charge in [0, 0.05) is 6.42 Å². The first kappa shape index (κ1) is 13.0. The minimum atomic E-state index is -0.215. The van der Waals surface area contributed by atoms with E-state index in [1.807, 2.05) is 28.8 Å².